The number of fused-ring (bicyclic) bond motifs is 1. The quantitative estimate of drug-likeness (QED) is 0.858. The van der Waals surface area contributed by atoms with E-state index in [1.54, 1.807) is 30.3 Å². The molecule has 3 rings (SSSR count). The van der Waals surface area contributed by atoms with Gasteiger partial charge in [0.1, 0.15) is 12.4 Å². The number of aromatic nitrogens is 1. The molecular formula is C15H15N3O4S. The van der Waals surface area contributed by atoms with Crippen molar-refractivity contribution in [3.8, 4) is 5.75 Å². The summed E-state index contributed by atoms with van der Waals surface area (Å²) < 4.78 is 32.5. The van der Waals surface area contributed by atoms with Gasteiger partial charge >= 0.3 is 0 Å². The number of nitrogens with zero attached hydrogens (tertiary/aromatic N) is 2. The molecule has 0 aliphatic carbocycles. The molecule has 0 atom stereocenters. The Kier molecular flexibility index (Phi) is 3.91. The lowest BCUT2D eigenvalue weighted by Gasteiger charge is -2.29. The molecule has 0 radical (unpaired) electrons. The molecule has 0 bridgehead atoms. The summed E-state index contributed by atoms with van der Waals surface area (Å²) in [6.45, 7) is 2.22. The predicted octanol–water partition coefficient (Wildman–Crippen LogP) is 1.55. The molecule has 120 valence electrons. The van der Waals surface area contributed by atoms with Crippen LogP contribution in [0.25, 0.3) is 0 Å². The fraction of sp³-hybridized carbons (Fsp3) is 0.200. The number of nitrogens with one attached hydrogen (secondary N) is 1. The summed E-state index contributed by atoms with van der Waals surface area (Å²) in [5, 5.41) is 2.41. The Bertz CT molecular complexity index is 852. The first-order valence-corrected chi connectivity index (χ1v) is 8.40. The van der Waals surface area contributed by atoms with Crippen LogP contribution < -0.4 is 14.4 Å². The highest BCUT2D eigenvalue weighted by molar-refractivity contribution is 7.92. The summed E-state index contributed by atoms with van der Waals surface area (Å²) in [7, 11) is -3.75. The predicted molar refractivity (Wildman–Crippen MR) is 85.1 cm³/mol. The minimum absolute atomic E-state index is 0.154. The first kappa shape index (κ1) is 15.3. The third-order valence-electron chi connectivity index (χ3n) is 3.41. The zero-order valence-electron chi connectivity index (χ0n) is 12.4. The first-order chi connectivity index (χ1) is 11.0. The van der Waals surface area contributed by atoms with Crippen LogP contribution in [0.5, 0.6) is 5.75 Å². The van der Waals surface area contributed by atoms with Crippen LogP contribution in [0, 0.1) is 6.92 Å². The Balaban J connectivity index is 2.08. The average Bonchev–Trinajstić information content (AvgIpc) is 2.54. The van der Waals surface area contributed by atoms with E-state index >= 15 is 0 Å². The number of carbonyl (C=O) groups excluding carboxylic acids is 1. The van der Waals surface area contributed by atoms with Gasteiger partial charge in [0.25, 0.3) is 10.0 Å². The minimum atomic E-state index is -3.75. The maximum absolute atomic E-state index is 12.9. The highest BCUT2D eigenvalue weighted by atomic mass is 32.2. The molecule has 2 aromatic rings. The lowest BCUT2D eigenvalue weighted by Crippen LogP contribution is -2.38. The lowest BCUT2D eigenvalue weighted by molar-refractivity contribution is -0.105. The highest BCUT2D eigenvalue weighted by Gasteiger charge is 2.31. The van der Waals surface area contributed by atoms with Crippen molar-refractivity contribution >= 4 is 28.1 Å². The second-order valence-corrected chi connectivity index (χ2v) is 6.88. The molecule has 7 nitrogen and oxygen atoms in total. The summed E-state index contributed by atoms with van der Waals surface area (Å²) >= 11 is 0. The number of aryl methyl sites for hydroxylation is 1. The van der Waals surface area contributed by atoms with Crippen LogP contribution in [0.15, 0.2) is 41.3 Å². The molecule has 0 saturated heterocycles. The Morgan fingerprint density at radius 3 is 2.87 bits per heavy atom. The van der Waals surface area contributed by atoms with Crippen LogP contribution in [0.2, 0.25) is 0 Å². The smallest absolute Gasteiger partial charge is 0.265 e. The maximum Gasteiger partial charge on any atom is 0.265 e. The van der Waals surface area contributed by atoms with Crippen molar-refractivity contribution in [3.63, 3.8) is 0 Å². The van der Waals surface area contributed by atoms with Crippen molar-refractivity contribution < 1.29 is 17.9 Å². The van der Waals surface area contributed by atoms with Crippen LogP contribution in [0.3, 0.4) is 0 Å². The fourth-order valence-electron chi connectivity index (χ4n) is 2.35. The van der Waals surface area contributed by atoms with Gasteiger partial charge in [-0.05, 0) is 36.8 Å². The number of amides is 1. The van der Waals surface area contributed by atoms with Gasteiger partial charge in [-0.1, -0.05) is 12.1 Å². The van der Waals surface area contributed by atoms with Crippen molar-refractivity contribution in [2.75, 3.05) is 22.8 Å². The number of hydrogen-bond acceptors (Lipinski definition) is 5. The molecule has 1 aliphatic rings. The molecule has 23 heavy (non-hydrogen) atoms. The van der Waals surface area contributed by atoms with Gasteiger partial charge in [0.15, 0.2) is 11.6 Å². The third kappa shape index (κ3) is 2.85. The first-order valence-electron chi connectivity index (χ1n) is 6.96. The molecule has 1 N–H and O–H groups in total. The van der Waals surface area contributed by atoms with Gasteiger partial charge in [0, 0.05) is 0 Å². The van der Waals surface area contributed by atoms with Crippen LogP contribution in [-0.2, 0) is 14.8 Å². The second kappa shape index (κ2) is 5.88. The molecule has 2 heterocycles. The summed E-state index contributed by atoms with van der Waals surface area (Å²) in [6.07, 6.45) is 0.484. The van der Waals surface area contributed by atoms with E-state index < -0.39 is 10.0 Å². The Labute approximate surface area is 134 Å². The van der Waals surface area contributed by atoms with Gasteiger partial charge in [-0.3, -0.25) is 4.79 Å². The molecule has 0 fully saturated rings. The van der Waals surface area contributed by atoms with Gasteiger partial charge in [-0.25, -0.2) is 17.7 Å². The zero-order valence-corrected chi connectivity index (χ0v) is 13.2. The Morgan fingerprint density at radius 2 is 2.13 bits per heavy atom. The molecule has 8 heteroatoms. The van der Waals surface area contributed by atoms with E-state index in [4.69, 9.17) is 4.74 Å². The van der Waals surface area contributed by atoms with E-state index in [0.29, 0.717) is 12.2 Å². The molecule has 1 aromatic carbocycles. The number of pyridine rings is 1. The maximum atomic E-state index is 12.9. The van der Waals surface area contributed by atoms with Gasteiger partial charge < -0.3 is 10.1 Å². The Hall–Kier alpha value is -2.61. The summed E-state index contributed by atoms with van der Waals surface area (Å²) in [4.78, 5) is 14.9. The van der Waals surface area contributed by atoms with E-state index in [0.717, 1.165) is 5.56 Å². The van der Waals surface area contributed by atoms with Crippen molar-refractivity contribution in [1.82, 2.24) is 4.98 Å². The summed E-state index contributed by atoms with van der Waals surface area (Å²) in [5.74, 6) is 0.794. The second-order valence-electron chi connectivity index (χ2n) is 5.02. The molecular weight excluding hydrogens is 318 g/mol. The fourth-order valence-corrected chi connectivity index (χ4v) is 3.86. The highest BCUT2D eigenvalue weighted by Crippen LogP contribution is 2.34. The molecule has 1 aliphatic heterocycles. The molecule has 0 unspecified atom stereocenters. The van der Waals surface area contributed by atoms with E-state index in [1.807, 2.05) is 13.0 Å². The van der Waals surface area contributed by atoms with Crippen molar-refractivity contribution in [2.24, 2.45) is 0 Å². The number of anilines is 2. The van der Waals surface area contributed by atoms with E-state index in [9.17, 15) is 13.2 Å². The molecule has 1 amide bonds. The molecule has 0 saturated carbocycles. The molecule has 0 spiro atoms. The van der Waals surface area contributed by atoms with Gasteiger partial charge in [-0.2, -0.15) is 0 Å². The number of rotatable bonds is 4. The van der Waals surface area contributed by atoms with E-state index in [1.165, 1.54) is 4.31 Å². The lowest BCUT2D eigenvalue weighted by atomic mass is 10.2. The van der Waals surface area contributed by atoms with Crippen LogP contribution in [-0.4, -0.2) is 33.0 Å². The van der Waals surface area contributed by atoms with Crippen molar-refractivity contribution in [2.45, 2.75) is 11.8 Å². The minimum Gasteiger partial charge on any atom is -0.488 e. The number of benzene rings is 1. The van der Waals surface area contributed by atoms with E-state index in [2.05, 4.69) is 10.3 Å². The largest absolute Gasteiger partial charge is 0.488 e. The zero-order chi connectivity index (χ0) is 16.4. The third-order valence-corrected chi connectivity index (χ3v) is 5.20. The SMILES string of the molecule is Cc1cccc(S(=O)(=O)N2CCOc3ccc(NC=O)nc32)c1. The molecule has 1 aromatic heterocycles. The van der Waals surface area contributed by atoms with Gasteiger partial charge in [-0.15, -0.1) is 0 Å². The standard InChI is InChI=1S/C15H15N3O4S/c1-11-3-2-4-12(9-11)23(20,21)18-7-8-22-13-5-6-14(16-10-19)17-15(13)18/h2-6,9-10H,7-8H2,1H3,(H,16,17,19). The number of sulfonamides is 1. The summed E-state index contributed by atoms with van der Waals surface area (Å²) in [6, 6.07) is 9.82. The summed E-state index contributed by atoms with van der Waals surface area (Å²) in [5.41, 5.74) is 0.851. The van der Waals surface area contributed by atoms with Crippen LogP contribution in [0.4, 0.5) is 11.6 Å². The topological polar surface area (TPSA) is 88.6 Å². The van der Waals surface area contributed by atoms with Crippen LogP contribution in [0.1, 0.15) is 5.56 Å². The van der Waals surface area contributed by atoms with Crippen LogP contribution >= 0.6 is 0 Å². The normalized spacial score (nSPS) is 13.9. The van der Waals surface area contributed by atoms with E-state index in [-0.39, 0.29) is 29.7 Å². The monoisotopic (exact) mass is 333 g/mol. The van der Waals surface area contributed by atoms with Gasteiger partial charge in [0.2, 0.25) is 6.41 Å². The van der Waals surface area contributed by atoms with Crippen molar-refractivity contribution in [3.05, 3.63) is 42.0 Å². The van der Waals surface area contributed by atoms with Crippen molar-refractivity contribution in [1.29, 1.82) is 0 Å². The average molecular weight is 333 g/mol. The van der Waals surface area contributed by atoms with Gasteiger partial charge in [0.05, 0.1) is 11.4 Å². The Morgan fingerprint density at radius 1 is 1.30 bits per heavy atom. The number of ether oxygens (including phenoxy) is 1. The number of hydrogen-bond donors (Lipinski definition) is 1. The number of carbonyl (C=O) groups is 1.